The van der Waals surface area contributed by atoms with Gasteiger partial charge < -0.3 is 24.4 Å². The maximum absolute atomic E-state index is 12.4. The van der Waals surface area contributed by atoms with Crippen molar-refractivity contribution in [1.82, 2.24) is 4.90 Å². The normalized spacial score (nSPS) is 15.5. The Morgan fingerprint density at radius 1 is 1.23 bits per heavy atom. The molecule has 0 spiro atoms. The van der Waals surface area contributed by atoms with Crippen molar-refractivity contribution in [2.75, 3.05) is 46.3 Å². The molecule has 6 nitrogen and oxygen atoms in total. The predicted molar refractivity (Wildman–Crippen MR) is 84.7 cm³/mol. The molecule has 0 aliphatic carbocycles. The SMILES string of the molecule is COCC1CCN(C(=O)Nc2ccc(OC)cc2OC)CC1. The second kappa shape index (κ2) is 7.89. The summed E-state index contributed by atoms with van der Waals surface area (Å²) < 4.78 is 15.6. The van der Waals surface area contributed by atoms with E-state index in [0.717, 1.165) is 32.5 Å². The highest BCUT2D eigenvalue weighted by Gasteiger charge is 2.23. The van der Waals surface area contributed by atoms with Crippen molar-refractivity contribution < 1.29 is 19.0 Å². The van der Waals surface area contributed by atoms with Crippen LogP contribution in [0.1, 0.15) is 12.8 Å². The number of rotatable bonds is 5. The van der Waals surface area contributed by atoms with Gasteiger partial charge in [-0.2, -0.15) is 0 Å². The minimum Gasteiger partial charge on any atom is -0.497 e. The molecule has 0 unspecified atom stereocenters. The summed E-state index contributed by atoms with van der Waals surface area (Å²) in [6.07, 6.45) is 1.95. The number of piperidine rings is 1. The third-order valence-corrected chi connectivity index (χ3v) is 3.95. The Morgan fingerprint density at radius 2 is 1.95 bits per heavy atom. The molecule has 1 aromatic rings. The second-order valence-electron chi connectivity index (χ2n) is 5.38. The fourth-order valence-electron chi connectivity index (χ4n) is 2.63. The van der Waals surface area contributed by atoms with Crippen molar-refractivity contribution >= 4 is 11.7 Å². The maximum atomic E-state index is 12.4. The number of ether oxygens (including phenoxy) is 3. The number of methoxy groups -OCH3 is 3. The Morgan fingerprint density at radius 3 is 2.55 bits per heavy atom. The van der Waals surface area contributed by atoms with Gasteiger partial charge in [0, 0.05) is 32.9 Å². The summed E-state index contributed by atoms with van der Waals surface area (Å²) in [4.78, 5) is 14.2. The van der Waals surface area contributed by atoms with Gasteiger partial charge in [0.1, 0.15) is 11.5 Å². The van der Waals surface area contributed by atoms with E-state index in [1.54, 1.807) is 39.5 Å². The van der Waals surface area contributed by atoms with Crippen LogP contribution in [0.5, 0.6) is 11.5 Å². The number of hydrogen-bond acceptors (Lipinski definition) is 4. The van der Waals surface area contributed by atoms with Crippen LogP contribution >= 0.6 is 0 Å². The fraction of sp³-hybridized carbons (Fsp3) is 0.562. The lowest BCUT2D eigenvalue weighted by molar-refractivity contribution is 0.110. The Bertz CT molecular complexity index is 499. The summed E-state index contributed by atoms with van der Waals surface area (Å²) in [5, 5.41) is 2.90. The number of anilines is 1. The summed E-state index contributed by atoms with van der Waals surface area (Å²) in [6, 6.07) is 5.23. The number of hydrogen-bond donors (Lipinski definition) is 1. The molecular formula is C16H24N2O4. The van der Waals surface area contributed by atoms with Crippen molar-refractivity contribution in [3.8, 4) is 11.5 Å². The topological polar surface area (TPSA) is 60.0 Å². The van der Waals surface area contributed by atoms with Gasteiger partial charge in [0.25, 0.3) is 0 Å². The average Bonchev–Trinajstić information content (AvgIpc) is 2.56. The van der Waals surface area contributed by atoms with Gasteiger partial charge in [-0.05, 0) is 30.9 Å². The zero-order valence-corrected chi connectivity index (χ0v) is 13.4. The van der Waals surface area contributed by atoms with Gasteiger partial charge in [0.2, 0.25) is 0 Å². The molecule has 0 radical (unpaired) electrons. The minimum absolute atomic E-state index is 0.0978. The molecule has 1 fully saturated rings. The number of likely N-dealkylation sites (tertiary alicyclic amines) is 1. The van der Waals surface area contributed by atoms with Crippen LogP contribution in [0.25, 0.3) is 0 Å². The summed E-state index contributed by atoms with van der Waals surface area (Å²) in [5.41, 5.74) is 0.646. The van der Waals surface area contributed by atoms with Crippen LogP contribution < -0.4 is 14.8 Å². The predicted octanol–water partition coefficient (Wildman–Crippen LogP) is 2.59. The molecule has 1 aliphatic heterocycles. The van der Waals surface area contributed by atoms with Crippen molar-refractivity contribution in [3.05, 3.63) is 18.2 Å². The monoisotopic (exact) mass is 308 g/mol. The van der Waals surface area contributed by atoms with Gasteiger partial charge in [-0.1, -0.05) is 0 Å². The second-order valence-corrected chi connectivity index (χ2v) is 5.38. The molecule has 1 N–H and O–H groups in total. The molecular weight excluding hydrogens is 284 g/mol. The summed E-state index contributed by atoms with van der Waals surface area (Å²) >= 11 is 0. The summed E-state index contributed by atoms with van der Waals surface area (Å²) in [5.74, 6) is 1.82. The highest BCUT2D eigenvalue weighted by atomic mass is 16.5. The molecule has 0 saturated carbocycles. The molecule has 6 heteroatoms. The number of nitrogens with one attached hydrogen (secondary N) is 1. The molecule has 1 aliphatic rings. The lowest BCUT2D eigenvalue weighted by Crippen LogP contribution is -2.41. The first kappa shape index (κ1) is 16.4. The molecule has 0 bridgehead atoms. The maximum Gasteiger partial charge on any atom is 0.321 e. The standard InChI is InChI=1S/C16H24N2O4/c1-20-11-12-6-8-18(9-7-12)16(19)17-14-5-4-13(21-2)10-15(14)22-3/h4-5,10,12H,6-9,11H2,1-3H3,(H,17,19). The van der Waals surface area contributed by atoms with E-state index in [4.69, 9.17) is 14.2 Å². The largest absolute Gasteiger partial charge is 0.497 e. The Labute approximate surface area is 131 Å². The third-order valence-electron chi connectivity index (χ3n) is 3.95. The van der Waals surface area contributed by atoms with E-state index in [9.17, 15) is 4.79 Å². The molecule has 1 aromatic carbocycles. The van der Waals surface area contributed by atoms with Crippen LogP contribution in [0.2, 0.25) is 0 Å². The number of carbonyl (C=O) groups excluding carboxylic acids is 1. The smallest absolute Gasteiger partial charge is 0.321 e. The molecule has 0 atom stereocenters. The quantitative estimate of drug-likeness (QED) is 0.908. The van der Waals surface area contributed by atoms with Crippen LogP contribution in [0, 0.1) is 5.92 Å². The Kier molecular flexibility index (Phi) is 5.89. The van der Waals surface area contributed by atoms with Gasteiger partial charge in [-0.15, -0.1) is 0 Å². The van der Waals surface area contributed by atoms with E-state index in [0.29, 0.717) is 23.1 Å². The van der Waals surface area contributed by atoms with Gasteiger partial charge in [0.15, 0.2) is 0 Å². The lowest BCUT2D eigenvalue weighted by Gasteiger charge is -2.31. The number of urea groups is 1. The molecule has 22 heavy (non-hydrogen) atoms. The molecule has 0 aromatic heterocycles. The van der Waals surface area contributed by atoms with Gasteiger partial charge in [0.05, 0.1) is 19.9 Å². The van der Waals surface area contributed by atoms with Crippen molar-refractivity contribution in [3.63, 3.8) is 0 Å². The first-order chi connectivity index (χ1) is 10.7. The van der Waals surface area contributed by atoms with E-state index >= 15 is 0 Å². The lowest BCUT2D eigenvalue weighted by atomic mass is 9.98. The van der Waals surface area contributed by atoms with Gasteiger partial charge in [-0.3, -0.25) is 0 Å². The van der Waals surface area contributed by atoms with Crippen molar-refractivity contribution in [2.45, 2.75) is 12.8 Å². The average molecular weight is 308 g/mol. The highest BCUT2D eigenvalue weighted by molar-refractivity contribution is 5.91. The van der Waals surface area contributed by atoms with Crippen LogP contribution in [-0.4, -0.2) is 52.0 Å². The highest BCUT2D eigenvalue weighted by Crippen LogP contribution is 2.29. The molecule has 2 amide bonds. The van der Waals surface area contributed by atoms with Crippen LogP contribution in [-0.2, 0) is 4.74 Å². The fourth-order valence-corrected chi connectivity index (χ4v) is 2.63. The van der Waals surface area contributed by atoms with E-state index < -0.39 is 0 Å². The Balaban J connectivity index is 1.95. The third kappa shape index (κ3) is 4.04. The molecule has 1 heterocycles. The number of benzene rings is 1. The van der Waals surface area contributed by atoms with E-state index in [1.165, 1.54) is 0 Å². The van der Waals surface area contributed by atoms with Gasteiger partial charge in [-0.25, -0.2) is 4.79 Å². The molecule has 122 valence electrons. The summed E-state index contributed by atoms with van der Waals surface area (Å²) in [6.45, 7) is 2.26. The Hall–Kier alpha value is -1.95. The van der Waals surface area contributed by atoms with E-state index in [1.807, 2.05) is 4.90 Å². The zero-order valence-electron chi connectivity index (χ0n) is 13.4. The van der Waals surface area contributed by atoms with Crippen molar-refractivity contribution in [1.29, 1.82) is 0 Å². The van der Waals surface area contributed by atoms with E-state index in [2.05, 4.69) is 5.32 Å². The van der Waals surface area contributed by atoms with Crippen LogP contribution in [0.15, 0.2) is 18.2 Å². The number of carbonyl (C=O) groups is 1. The van der Waals surface area contributed by atoms with Crippen LogP contribution in [0.4, 0.5) is 10.5 Å². The first-order valence-electron chi connectivity index (χ1n) is 7.44. The number of nitrogens with zero attached hydrogens (tertiary/aromatic N) is 1. The minimum atomic E-state index is -0.0978. The molecule has 1 saturated heterocycles. The summed E-state index contributed by atoms with van der Waals surface area (Å²) in [7, 11) is 4.88. The number of amides is 2. The van der Waals surface area contributed by atoms with Crippen molar-refractivity contribution in [2.24, 2.45) is 5.92 Å². The van der Waals surface area contributed by atoms with Gasteiger partial charge >= 0.3 is 6.03 Å². The van der Waals surface area contributed by atoms with E-state index in [-0.39, 0.29) is 6.03 Å². The first-order valence-corrected chi connectivity index (χ1v) is 7.44. The molecule has 2 rings (SSSR count). The zero-order chi connectivity index (χ0) is 15.9. The van der Waals surface area contributed by atoms with Crippen LogP contribution in [0.3, 0.4) is 0 Å².